The van der Waals surface area contributed by atoms with Crippen molar-refractivity contribution in [2.24, 2.45) is 4.99 Å². The standard InChI is InChI=1S/C35H48N8O2/c1-41(23-24-43(34-12-4-5-17-37-34)28-30-13-15-32(44-2)16-14-30)22-19-39-35(40-29-36)38-18-9-25-45-33-11-8-10-31(26-33)27-42-20-6-3-7-21-42/h4-5,8,10-17,26H,3,6-7,9,18-25,27-28H2,1-2H3,(H2,38,39,40). The van der Waals surface area contributed by atoms with E-state index < -0.39 is 0 Å². The Morgan fingerprint density at radius 2 is 1.82 bits per heavy atom. The second-order valence-electron chi connectivity index (χ2n) is 11.3. The fourth-order valence-corrected chi connectivity index (χ4v) is 5.28. The molecule has 0 amide bonds. The number of likely N-dealkylation sites (N-methyl/N-ethyl adjacent to an activating group) is 1. The predicted molar refractivity (Wildman–Crippen MR) is 181 cm³/mol. The molecule has 1 aliphatic heterocycles. The van der Waals surface area contributed by atoms with E-state index in [-0.39, 0.29) is 0 Å². The molecule has 0 spiro atoms. The lowest BCUT2D eigenvalue weighted by molar-refractivity contribution is 0.220. The summed E-state index contributed by atoms with van der Waals surface area (Å²) in [5.41, 5.74) is 2.49. The summed E-state index contributed by atoms with van der Waals surface area (Å²) in [7, 11) is 3.78. The minimum atomic E-state index is 0.490. The molecule has 3 aromatic rings. The monoisotopic (exact) mass is 612 g/mol. The SMILES string of the molecule is COc1ccc(CN(CCN(C)CCNC(=NCCCOc2cccc(CN3CCCCC3)c2)NC#N)c2ccccn2)cc1. The van der Waals surface area contributed by atoms with Crippen molar-refractivity contribution >= 4 is 11.8 Å². The van der Waals surface area contributed by atoms with Crippen LogP contribution < -0.4 is 25.0 Å². The summed E-state index contributed by atoms with van der Waals surface area (Å²) in [5.74, 6) is 3.18. The highest BCUT2D eigenvalue weighted by Crippen LogP contribution is 2.19. The average Bonchev–Trinajstić information content (AvgIpc) is 3.08. The van der Waals surface area contributed by atoms with E-state index in [1.54, 1.807) is 7.11 Å². The van der Waals surface area contributed by atoms with Crippen LogP contribution in [0.2, 0.25) is 0 Å². The number of nitrogens with one attached hydrogen (secondary N) is 2. The fraction of sp³-hybridized carbons (Fsp3) is 0.457. The van der Waals surface area contributed by atoms with Gasteiger partial charge in [-0.1, -0.05) is 36.8 Å². The molecule has 45 heavy (non-hydrogen) atoms. The van der Waals surface area contributed by atoms with Crippen molar-refractivity contribution in [3.05, 3.63) is 84.1 Å². The van der Waals surface area contributed by atoms with Crippen LogP contribution in [0.5, 0.6) is 11.5 Å². The molecule has 0 radical (unpaired) electrons. The number of anilines is 1. The van der Waals surface area contributed by atoms with Gasteiger partial charge in [0.2, 0.25) is 5.96 Å². The van der Waals surface area contributed by atoms with Crippen LogP contribution in [0.1, 0.15) is 36.8 Å². The van der Waals surface area contributed by atoms with Crippen molar-refractivity contribution in [3.8, 4) is 17.7 Å². The number of likely N-dealkylation sites (tertiary alicyclic amines) is 1. The lowest BCUT2D eigenvalue weighted by atomic mass is 10.1. The summed E-state index contributed by atoms with van der Waals surface area (Å²) in [6, 6.07) is 22.5. The maximum Gasteiger partial charge on any atom is 0.204 e. The summed E-state index contributed by atoms with van der Waals surface area (Å²) < 4.78 is 11.3. The van der Waals surface area contributed by atoms with Crippen LogP contribution in [0.4, 0.5) is 5.82 Å². The summed E-state index contributed by atoms with van der Waals surface area (Å²) in [4.78, 5) is 16.2. The Bertz CT molecular complexity index is 1320. The number of nitrogens with zero attached hydrogens (tertiary/aromatic N) is 6. The smallest absolute Gasteiger partial charge is 0.204 e. The largest absolute Gasteiger partial charge is 0.497 e. The van der Waals surface area contributed by atoms with Gasteiger partial charge in [0, 0.05) is 58.4 Å². The van der Waals surface area contributed by atoms with Crippen molar-refractivity contribution in [3.63, 3.8) is 0 Å². The topological polar surface area (TPSA) is 101 Å². The first kappa shape index (κ1) is 33.6. The number of methoxy groups -OCH3 is 1. The lowest BCUT2D eigenvalue weighted by Gasteiger charge is -2.27. The fourth-order valence-electron chi connectivity index (χ4n) is 5.28. The van der Waals surface area contributed by atoms with Gasteiger partial charge in [-0.3, -0.25) is 15.2 Å². The molecule has 1 aromatic heterocycles. The number of guanidine groups is 1. The molecule has 2 N–H and O–H groups in total. The lowest BCUT2D eigenvalue weighted by Crippen LogP contribution is -2.41. The van der Waals surface area contributed by atoms with Gasteiger partial charge < -0.3 is 24.6 Å². The van der Waals surface area contributed by atoms with Crippen LogP contribution in [0, 0.1) is 11.5 Å². The van der Waals surface area contributed by atoms with Crippen LogP contribution in [0.3, 0.4) is 0 Å². The van der Waals surface area contributed by atoms with Crippen molar-refractivity contribution in [1.29, 1.82) is 5.26 Å². The number of hydrogen-bond donors (Lipinski definition) is 2. The van der Waals surface area contributed by atoms with E-state index in [1.807, 2.05) is 48.8 Å². The van der Waals surface area contributed by atoms with Gasteiger partial charge in [-0.2, -0.15) is 5.26 Å². The van der Waals surface area contributed by atoms with Gasteiger partial charge in [0.25, 0.3) is 0 Å². The first-order valence-electron chi connectivity index (χ1n) is 16.0. The zero-order valence-corrected chi connectivity index (χ0v) is 26.8. The Balaban J connectivity index is 1.16. The maximum absolute atomic E-state index is 9.21. The summed E-state index contributed by atoms with van der Waals surface area (Å²) >= 11 is 0. The highest BCUT2D eigenvalue weighted by atomic mass is 16.5. The predicted octanol–water partition coefficient (Wildman–Crippen LogP) is 4.50. The van der Waals surface area contributed by atoms with Crippen molar-refractivity contribution in [2.75, 3.05) is 71.5 Å². The van der Waals surface area contributed by atoms with Crippen LogP contribution in [0.15, 0.2) is 77.9 Å². The van der Waals surface area contributed by atoms with Gasteiger partial charge in [0.1, 0.15) is 17.3 Å². The molecule has 2 aromatic carbocycles. The average molecular weight is 613 g/mol. The van der Waals surface area contributed by atoms with Gasteiger partial charge in [0.15, 0.2) is 6.19 Å². The normalized spacial score (nSPS) is 13.7. The number of benzene rings is 2. The molecule has 10 nitrogen and oxygen atoms in total. The Morgan fingerprint density at radius 3 is 2.58 bits per heavy atom. The van der Waals surface area contributed by atoms with Crippen LogP contribution in [-0.2, 0) is 13.1 Å². The molecular weight excluding hydrogens is 564 g/mol. The van der Waals surface area contributed by atoms with Gasteiger partial charge in [-0.15, -0.1) is 0 Å². The van der Waals surface area contributed by atoms with E-state index in [0.717, 1.165) is 56.5 Å². The van der Waals surface area contributed by atoms with Crippen molar-refractivity contribution in [1.82, 2.24) is 25.4 Å². The Hall–Kier alpha value is -4.33. The third-order valence-electron chi connectivity index (χ3n) is 7.81. The van der Waals surface area contributed by atoms with Gasteiger partial charge in [-0.05, 0) is 80.5 Å². The van der Waals surface area contributed by atoms with E-state index in [2.05, 4.69) is 72.7 Å². The van der Waals surface area contributed by atoms with E-state index >= 15 is 0 Å². The molecule has 4 rings (SSSR count). The van der Waals surface area contributed by atoms with E-state index in [0.29, 0.717) is 25.7 Å². The second-order valence-corrected chi connectivity index (χ2v) is 11.3. The molecule has 0 unspecified atom stereocenters. The molecule has 0 saturated carbocycles. The Morgan fingerprint density at radius 1 is 0.978 bits per heavy atom. The molecule has 0 atom stereocenters. The van der Waals surface area contributed by atoms with E-state index in [1.165, 1.54) is 43.5 Å². The molecule has 1 fully saturated rings. The molecule has 0 aliphatic carbocycles. The molecular formula is C35H48N8O2. The number of rotatable bonds is 17. The summed E-state index contributed by atoms with van der Waals surface area (Å²) in [6.45, 7) is 8.36. The third-order valence-corrected chi connectivity index (χ3v) is 7.81. The molecule has 240 valence electrons. The van der Waals surface area contributed by atoms with Crippen molar-refractivity contribution < 1.29 is 9.47 Å². The zero-order chi connectivity index (χ0) is 31.5. The minimum Gasteiger partial charge on any atom is -0.497 e. The highest BCUT2D eigenvalue weighted by molar-refractivity contribution is 5.81. The van der Waals surface area contributed by atoms with Crippen molar-refractivity contribution in [2.45, 2.75) is 38.8 Å². The van der Waals surface area contributed by atoms with Crippen LogP contribution in [0.25, 0.3) is 0 Å². The number of hydrogen-bond acceptors (Lipinski definition) is 8. The van der Waals surface area contributed by atoms with Gasteiger partial charge in [0.05, 0.1) is 13.7 Å². The number of aliphatic imine (C=N–C) groups is 1. The molecule has 10 heteroatoms. The quantitative estimate of drug-likeness (QED) is 0.0750. The number of nitriles is 1. The number of ether oxygens (including phenoxy) is 2. The second kappa shape index (κ2) is 19.1. The van der Waals surface area contributed by atoms with Gasteiger partial charge >= 0.3 is 0 Å². The highest BCUT2D eigenvalue weighted by Gasteiger charge is 2.12. The first-order chi connectivity index (χ1) is 22.1. The van der Waals surface area contributed by atoms with Gasteiger partial charge in [-0.25, -0.2) is 4.98 Å². The minimum absolute atomic E-state index is 0.490. The first-order valence-corrected chi connectivity index (χ1v) is 16.0. The molecule has 1 aliphatic rings. The Kier molecular flexibility index (Phi) is 14.3. The zero-order valence-electron chi connectivity index (χ0n) is 26.8. The number of aromatic nitrogens is 1. The summed E-state index contributed by atoms with van der Waals surface area (Å²) in [6.07, 6.45) is 8.51. The third kappa shape index (κ3) is 12.3. The Labute approximate surface area is 268 Å². The molecule has 0 bridgehead atoms. The molecule has 1 saturated heterocycles. The summed E-state index contributed by atoms with van der Waals surface area (Å²) in [5, 5.41) is 15.1. The van der Waals surface area contributed by atoms with Crippen LogP contribution >= 0.6 is 0 Å². The van der Waals surface area contributed by atoms with E-state index in [9.17, 15) is 5.26 Å². The number of piperidine rings is 1. The molecule has 2 heterocycles. The van der Waals surface area contributed by atoms with Crippen LogP contribution in [-0.4, -0.2) is 87.3 Å². The van der Waals surface area contributed by atoms with E-state index in [4.69, 9.17) is 9.47 Å². The maximum atomic E-state index is 9.21. The number of pyridine rings is 1.